The molecule has 0 unspecified atom stereocenters. The SMILES string of the molecule is Cc1cc(Nc2cc(Cc3ccccc3)cc(-c3ccc(N)cc3)[nH+]2)nn1C(=O)OC(C)(C)C. The van der Waals surface area contributed by atoms with Gasteiger partial charge in [-0.25, -0.2) is 15.1 Å². The molecule has 0 radical (unpaired) electrons. The molecule has 0 spiro atoms. The molecule has 4 N–H and O–H groups in total. The number of aryl methyl sites for hydroxylation is 1. The normalized spacial score (nSPS) is 11.3. The van der Waals surface area contributed by atoms with E-state index in [2.05, 4.69) is 39.7 Å². The van der Waals surface area contributed by atoms with Crippen molar-refractivity contribution in [3.8, 4) is 11.3 Å². The first-order valence-corrected chi connectivity index (χ1v) is 11.2. The molecule has 7 heteroatoms. The summed E-state index contributed by atoms with van der Waals surface area (Å²) in [5.41, 5.74) is 11.0. The summed E-state index contributed by atoms with van der Waals surface area (Å²) in [5, 5.41) is 7.72. The number of hydrogen-bond acceptors (Lipinski definition) is 5. The van der Waals surface area contributed by atoms with Crippen molar-refractivity contribution >= 4 is 23.4 Å². The summed E-state index contributed by atoms with van der Waals surface area (Å²) in [6, 6.07) is 24.0. The van der Waals surface area contributed by atoms with Crippen molar-refractivity contribution in [1.29, 1.82) is 0 Å². The van der Waals surface area contributed by atoms with Crippen molar-refractivity contribution in [2.24, 2.45) is 0 Å². The van der Waals surface area contributed by atoms with Crippen LogP contribution >= 0.6 is 0 Å². The number of carbonyl (C=O) groups is 1. The summed E-state index contributed by atoms with van der Waals surface area (Å²) in [4.78, 5) is 15.9. The van der Waals surface area contributed by atoms with Crippen LogP contribution < -0.4 is 16.0 Å². The highest BCUT2D eigenvalue weighted by Gasteiger charge is 2.22. The van der Waals surface area contributed by atoms with Gasteiger partial charge in [-0.15, -0.1) is 5.10 Å². The van der Waals surface area contributed by atoms with Gasteiger partial charge < -0.3 is 10.5 Å². The largest absolute Gasteiger partial charge is 0.442 e. The standard InChI is InChI=1S/C27H29N5O2/c1-18-14-25(31-32(18)26(33)34-27(2,3)4)30-24-17-20(15-19-8-6-5-7-9-19)16-23(29-24)21-10-12-22(28)13-11-21/h5-14,16-17H,15,28H2,1-4H3,(H,29,30,31)/p+1. The predicted molar refractivity (Wildman–Crippen MR) is 134 cm³/mol. The van der Waals surface area contributed by atoms with Gasteiger partial charge in [0.15, 0.2) is 0 Å². The monoisotopic (exact) mass is 456 g/mol. The van der Waals surface area contributed by atoms with Gasteiger partial charge in [0, 0.05) is 23.4 Å². The first-order valence-electron chi connectivity index (χ1n) is 11.2. The number of rotatable bonds is 5. The number of nitrogens with two attached hydrogens (primary N) is 1. The molecule has 0 aliphatic rings. The van der Waals surface area contributed by atoms with Gasteiger partial charge in [0.05, 0.1) is 5.69 Å². The molecule has 0 saturated carbocycles. The Morgan fingerprint density at radius 1 is 1.03 bits per heavy atom. The van der Waals surface area contributed by atoms with E-state index >= 15 is 0 Å². The molecule has 0 saturated heterocycles. The Labute approximate surface area is 199 Å². The maximum absolute atomic E-state index is 12.5. The molecule has 0 atom stereocenters. The molecule has 0 amide bonds. The zero-order valence-corrected chi connectivity index (χ0v) is 19.9. The van der Waals surface area contributed by atoms with Crippen molar-refractivity contribution < 1.29 is 14.5 Å². The number of aromatic nitrogens is 3. The second-order valence-corrected chi connectivity index (χ2v) is 9.29. The van der Waals surface area contributed by atoms with Crippen molar-refractivity contribution in [2.45, 2.75) is 39.7 Å². The molecule has 7 nitrogen and oxygen atoms in total. The number of anilines is 3. The number of carbonyl (C=O) groups excluding carboxylic acids is 1. The highest BCUT2D eigenvalue weighted by atomic mass is 16.6. The first-order chi connectivity index (χ1) is 16.2. The fourth-order valence-electron chi connectivity index (χ4n) is 3.61. The summed E-state index contributed by atoms with van der Waals surface area (Å²) < 4.78 is 6.72. The van der Waals surface area contributed by atoms with E-state index in [1.807, 2.05) is 76.2 Å². The minimum atomic E-state index is -0.601. The van der Waals surface area contributed by atoms with Crippen LogP contribution in [0, 0.1) is 6.92 Å². The van der Waals surface area contributed by atoms with Gasteiger partial charge in [0.2, 0.25) is 5.82 Å². The van der Waals surface area contributed by atoms with E-state index in [0.717, 1.165) is 29.1 Å². The van der Waals surface area contributed by atoms with Crippen LogP contribution in [0.4, 0.5) is 22.1 Å². The molecule has 0 bridgehead atoms. The summed E-state index contributed by atoms with van der Waals surface area (Å²) >= 11 is 0. The maximum atomic E-state index is 12.5. The van der Waals surface area contributed by atoms with Gasteiger partial charge in [0.1, 0.15) is 11.3 Å². The second-order valence-electron chi connectivity index (χ2n) is 9.29. The third kappa shape index (κ3) is 5.81. The lowest BCUT2D eigenvalue weighted by molar-refractivity contribution is -0.347. The van der Waals surface area contributed by atoms with E-state index in [-0.39, 0.29) is 0 Å². The molecule has 2 heterocycles. The predicted octanol–water partition coefficient (Wildman–Crippen LogP) is 5.37. The van der Waals surface area contributed by atoms with Gasteiger partial charge in [-0.1, -0.05) is 30.3 Å². The Morgan fingerprint density at radius 3 is 2.41 bits per heavy atom. The molecule has 34 heavy (non-hydrogen) atoms. The summed E-state index contributed by atoms with van der Waals surface area (Å²) in [5.74, 6) is 1.30. The fraction of sp³-hybridized carbons (Fsp3) is 0.222. The van der Waals surface area contributed by atoms with Crippen LogP contribution in [0.1, 0.15) is 37.6 Å². The molecule has 2 aromatic heterocycles. The minimum absolute atomic E-state index is 0.512. The third-order valence-corrected chi connectivity index (χ3v) is 5.12. The van der Waals surface area contributed by atoms with Crippen LogP contribution in [0.25, 0.3) is 11.3 Å². The summed E-state index contributed by atoms with van der Waals surface area (Å²) in [6.07, 6.45) is 0.264. The highest BCUT2D eigenvalue weighted by Crippen LogP contribution is 2.23. The van der Waals surface area contributed by atoms with E-state index in [9.17, 15) is 4.79 Å². The smallest absolute Gasteiger partial charge is 0.435 e. The van der Waals surface area contributed by atoms with Gasteiger partial charge in [0.25, 0.3) is 5.82 Å². The number of nitrogens with zero attached hydrogens (tertiary/aromatic N) is 2. The van der Waals surface area contributed by atoms with E-state index in [4.69, 9.17) is 10.5 Å². The van der Waals surface area contributed by atoms with Crippen molar-refractivity contribution in [2.75, 3.05) is 11.1 Å². The van der Waals surface area contributed by atoms with Gasteiger partial charge in [-0.3, -0.25) is 0 Å². The van der Waals surface area contributed by atoms with Gasteiger partial charge in [-0.2, -0.15) is 4.68 Å². The van der Waals surface area contributed by atoms with Crippen molar-refractivity contribution in [1.82, 2.24) is 9.78 Å². The lowest BCUT2D eigenvalue weighted by Crippen LogP contribution is -2.28. The third-order valence-electron chi connectivity index (χ3n) is 5.12. The van der Waals surface area contributed by atoms with Crippen LogP contribution in [-0.4, -0.2) is 21.5 Å². The minimum Gasteiger partial charge on any atom is -0.442 e. The number of H-pyrrole nitrogens is 1. The Bertz CT molecular complexity index is 1290. The van der Waals surface area contributed by atoms with Gasteiger partial charge in [-0.05, 0) is 75.6 Å². The second kappa shape index (κ2) is 9.39. The maximum Gasteiger partial charge on any atom is 0.435 e. The van der Waals surface area contributed by atoms with E-state index < -0.39 is 11.7 Å². The molecular formula is C27H30N5O2+. The van der Waals surface area contributed by atoms with Crippen LogP contribution in [0.3, 0.4) is 0 Å². The number of nitrogen functional groups attached to an aromatic ring is 1. The molecule has 0 aliphatic heterocycles. The number of benzene rings is 2. The Morgan fingerprint density at radius 2 is 1.74 bits per heavy atom. The van der Waals surface area contributed by atoms with Crippen molar-refractivity contribution in [3.63, 3.8) is 0 Å². The number of pyridine rings is 1. The Balaban J connectivity index is 1.66. The van der Waals surface area contributed by atoms with Crippen LogP contribution in [0.5, 0.6) is 0 Å². The number of hydrogen-bond donors (Lipinski definition) is 2. The lowest BCUT2D eigenvalue weighted by atomic mass is 10.0. The molecular weight excluding hydrogens is 426 g/mol. The quantitative estimate of drug-likeness (QED) is 0.394. The summed E-state index contributed by atoms with van der Waals surface area (Å²) in [6.45, 7) is 7.30. The Kier molecular flexibility index (Phi) is 6.36. The topological polar surface area (TPSA) is 96.3 Å². The average Bonchev–Trinajstić information content (AvgIpc) is 3.13. The average molecular weight is 457 g/mol. The molecule has 0 fully saturated rings. The van der Waals surface area contributed by atoms with E-state index in [1.165, 1.54) is 10.2 Å². The van der Waals surface area contributed by atoms with E-state index in [1.54, 1.807) is 0 Å². The zero-order chi connectivity index (χ0) is 24.3. The molecule has 4 aromatic rings. The van der Waals surface area contributed by atoms with E-state index in [0.29, 0.717) is 17.2 Å². The Hall–Kier alpha value is -4.13. The van der Waals surface area contributed by atoms with Crippen LogP contribution in [-0.2, 0) is 11.2 Å². The van der Waals surface area contributed by atoms with Gasteiger partial charge >= 0.3 is 6.09 Å². The fourth-order valence-corrected chi connectivity index (χ4v) is 3.61. The molecule has 0 aliphatic carbocycles. The zero-order valence-electron chi connectivity index (χ0n) is 19.9. The highest BCUT2D eigenvalue weighted by molar-refractivity contribution is 5.72. The van der Waals surface area contributed by atoms with Crippen molar-refractivity contribution in [3.05, 3.63) is 89.6 Å². The van der Waals surface area contributed by atoms with Crippen LogP contribution in [0.2, 0.25) is 0 Å². The molecule has 2 aromatic carbocycles. The number of aromatic amines is 1. The summed E-state index contributed by atoms with van der Waals surface area (Å²) in [7, 11) is 0. The lowest BCUT2D eigenvalue weighted by Gasteiger charge is -2.19. The number of ether oxygens (including phenoxy) is 1. The first kappa shape index (κ1) is 23.0. The van der Waals surface area contributed by atoms with Crippen LogP contribution in [0.15, 0.2) is 72.8 Å². The number of nitrogens with one attached hydrogen (secondary N) is 2. The molecule has 4 rings (SSSR count). The molecule has 174 valence electrons.